The number of hydrogen-bond acceptors (Lipinski definition) is 6. The van der Waals surface area contributed by atoms with Crippen LogP contribution in [-0.4, -0.2) is 21.5 Å². The number of aryl methyl sites for hydroxylation is 1. The Bertz CT molecular complexity index is 606. The second-order valence-electron chi connectivity index (χ2n) is 4.64. The Labute approximate surface area is 118 Å². The summed E-state index contributed by atoms with van der Waals surface area (Å²) in [6, 6.07) is 7.92. The number of anilines is 4. The average Bonchev–Trinajstić information content (AvgIpc) is 2.38. The van der Waals surface area contributed by atoms with E-state index in [4.69, 9.17) is 5.73 Å². The predicted molar refractivity (Wildman–Crippen MR) is 82.0 cm³/mol. The Morgan fingerprint density at radius 3 is 2.45 bits per heavy atom. The van der Waals surface area contributed by atoms with E-state index in [1.165, 1.54) is 5.56 Å². The van der Waals surface area contributed by atoms with Gasteiger partial charge in [0.05, 0.1) is 0 Å². The van der Waals surface area contributed by atoms with Gasteiger partial charge in [-0.2, -0.15) is 15.0 Å². The zero-order valence-corrected chi connectivity index (χ0v) is 11.6. The number of benzene rings is 1. The summed E-state index contributed by atoms with van der Waals surface area (Å²) in [7, 11) is 0. The van der Waals surface area contributed by atoms with E-state index in [-0.39, 0.29) is 5.95 Å². The molecule has 0 aliphatic heterocycles. The molecule has 20 heavy (non-hydrogen) atoms. The molecule has 0 unspecified atom stereocenters. The van der Waals surface area contributed by atoms with E-state index in [2.05, 4.69) is 32.2 Å². The Kier molecular flexibility index (Phi) is 4.14. The van der Waals surface area contributed by atoms with E-state index in [0.29, 0.717) is 18.4 Å². The molecule has 4 N–H and O–H groups in total. The van der Waals surface area contributed by atoms with Gasteiger partial charge in [-0.3, -0.25) is 0 Å². The maximum Gasteiger partial charge on any atom is 0.233 e. The van der Waals surface area contributed by atoms with Gasteiger partial charge in [-0.15, -0.1) is 0 Å². The molecule has 0 saturated carbocycles. The van der Waals surface area contributed by atoms with Crippen LogP contribution in [0.25, 0.3) is 0 Å². The van der Waals surface area contributed by atoms with Crippen LogP contribution in [0.4, 0.5) is 23.5 Å². The van der Waals surface area contributed by atoms with Crippen LogP contribution in [0.15, 0.2) is 36.4 Å². The highest BCUT2D eigenvalue weighted by atomic mass is 15.2. The van der Waals surface area contributed by atoms with Crippen molar-refractivity contribution in [1.29, 1.82) is 0 Å². The zero-order valence-electron chi connectivity index (χ0n) is 11.6. The van der Waals surface area contributed by atoms with Gasteiger partial charge in [0.15, 0.2) is 0 Å². The van der Waals surface area contributed by atoms with Gasteiger partial charge in [0.2, 0.25) is 17.8 Å². The minimum Gasteiger partial charge on any atom is -0.368 e. The minimum absolute atomic E-state index is 0.166. The maximum absolute atomic E-state index is 5.68. The summed E-state index contributed by atoms with van der Waals surface area (Å²) >= 11 is 0. The van der Waals surface area contributed by atoms with E-state index in [0.717, 1.165) is 11.3 Å². The van der Waals surface area contributed by atoms with E-state index < -0.39 is 0 Å². The molecular formula is C14H18N6. The highest BCUT2D eigenvalue weighted by Crippen LogP contribution is 2.15. The summed E-state index contributed by atoms with van der Waals surface area (Å²) in [5.74, 6) is 1.000. The fourth-order valence-electron chi connectivity index (χ4n) is 1.52. The lowest BCUT2D eigenvalue weighted by Gasteiger charge is -2.08. The summed E-state index contributed by atoms with van der Waals surface area (Å²) in [6.45, 7) is 8.35. The second-order valence-corrected chi connectivity index (χ2v) is 4.64. The molecule has 0 bridgehead atoms. The lowest BCUT2D eigenvalue weighted by molar-refractivity contribution is 1.04. The van der Waals surface area contributed by atoms with Crippen molar-refractivity contribution in [3.8, 4) is 0 Å². The molecule has 0 spiro atoms. The van der Waals surface area contributed by atoms with Crippen molar-refractivity contribution < 1.29 is 0 Å². The van der Waals surface area contributed by atoms with Crippen molar-refractivity contribution in [2.45, 2.75) is 13.8 Å². The molecule has 0 saturated heterocycles. The normalized spacial score (nSPS) is 10.1. The lowest BCUT2D eigenvalue weighted by atomic mass is 10.2. The first-order valence-corrected chi connectivity index (χ1v) is 6.26. The van der Waals surface area contributed by atoms with Gasteiger partial charge in [-0.25, -0.2) is 0 Å². The number of aromatic nitrogens is 3. The zero-order chi connectivity index (χ0) is 14.5. The highest BCUT2D eigenvalue weighted by Gasteiger charge is 2.04. The van der Waals surface area contributed by atoms with Gasteiger partial charge in [0.25, 0.3) is 0 Å². The lowest BCUT2D eigenvalue weighted by Crippen LogP contribution is -2.10. The number of nitrogen functional groups attached to an aromatic ring is 1. The van der Waals surface area contributed by atoms with Crippen molar-refractivity contribution in [3.05, 3.63) is 42.0 Å². The number of nitrogens with one attached hydrogen (secondary N) is 2. The monoisotopic (exact) mass is 270 g/mol. The van der Waals surface area contributed by atoms with Gasteiger partial charge < -0.3 is 16.4 Å². The second kappa shape index (κ2) is 6.01. The molecule has 1 heterocycles. The first-order chi connectivity index (χ1) is 9.52. The van der Waals surface area contributed by atoms with Gasteiger partial charge in [-0.05, 0) is 26.0 Å². The average molecular weight is 270 g/mol. The van der Waals surface area contributed by atoms with Crippen molar-refractivity contribution in [1.82, 2.24) is 15.0 Å². The van der Waals surface area contributed by atoms with Crippen LogP contribution < -0.4 is 16.4 Å². The van der Waals surface area contributed by atoms with Gasteiger partial charge in [0, 0.05) is 12.2 Å². The standard InChI is InChI=1S/C14H18N6/c1-9(2)8-16-13-18-12(15)19-14(20-13)17-11-6-4-10(3)5-7-11/h4-7H,1,8H2,2-3H3,(H4,15,16,17,18,19,20). The quantitative estimate of drug-likeness (QED) is 0.723. The summed E-state index contributed by atoms with van der Waals surface area (Å²) in [5, 5.41) is 6.13. The van der Waals surface area contributed by atoms with Gasteiger partial charge >= 0.3 is 0 Å². The maximum atomic E-state index is 5.68. The van der Waals surface area contributed by atoms with Crippen molar-refractivity contribution in [3.63, 3.8) is 0 Å². The van der Waals surface area contributed by atoms with E-state index in [9.17, 15) is 0 Å². The number of hydrogen-bond donors (Lipinski definition) is 3. The van der Waals surface area contributed by atoms with E-state index in [1.807, 2.05) is 38.1 Å². The highest BCUT2D eigenvalue weighted by molar-refractivity contribution is 5.55. The van der Waals surface area contributed by atoms with Crippen molar-refractivity contribution in [2.24, 2.45) is 0 Å². The van der Waals surface area contributed by atoms with Gasteiger partial charge in [-0.1, -0.05) is 29.8 Å². The largest absolute Gasteiger partial charge is 0.368 e. The predicted octanol–water partition coefficient (Wildman–Crippen LogP) is 2.49. The first kappa shape index (κ1) is 13.8. The summed E-state index contributed by atoms with van der Waals surface area (Å²) in [4.78, 5) is 12.3. The number of nitrogens with two attached hydrogens (primary N) is 1. The Hall–Kier alpha value is -2.63. The first-order valence-electron chi connectivity index (χ1n) is 6.26. The topological polar surface area (TPSA) is 88.8 Å². The van der Waals surface area contributed by atoms with Crippen LogP contribution in [-0.2, 0) is 0 Å². The van der Waals surface area contributed by atoms with E-state index >= 15 is 0 Å². The molecule has 6 heteroatoms. The Balaban J connectivity index is 2.14. The van der Waals surface area contributed by atoms with E-state index in [1.54, 1.807) is 0 Å². The SMILES string of the molecule is C=C(C)CNc1nc(N)nc(Nc2ccc(C)cc2)n1. The fraction of sp³-hybridized carbons (Fsp3) is 0.214. The molecule has 2 rings (SSSR count). The van der Waals surface area contributed by atoms with Crippen molar-refractivity contribution in [2.75, 3.05) is 22.9 Å². The fourth-order valence-corrected chi connectivity index (χ4v) is 1.52. The molecule has 104 valence electrons. The van der Waals surface area contributed by atoms with Crippen LogP contribution >= 0.6 is 0 Å². The minimum atomic E-state index is 0.166. The summed E-state index contributed by atoms with van der Waals surface area (Å²) in [5.41, 5.74) is 8.75. The molecule has 0 aliphatic carbocycles. The third-order valence-corrected chi connectivity index (χ3v) is 2.51. The molecule has 0 amide bonds. The van der Waals surface area contributed by atoms with Crippen LogP contribution in [0, 0.1) is 6.92 Å². The number of rotatable bonds is 5. The third kappa shape index (κ3) is 3.94. The molecule has 2 aromatic rings. The molecule has 1 aromatic carbocycles. The van der Waals surface area contributed by atoms with Crippen LogP contribution in [0.1, 0.15) is 12.5 Å². The summed E-state index contributed by atoms with van der Waals surface area (Å²) in [6.07, 6.45) is 0. The third-order valence-electron chi connectivity index (χ3n) is 2.51. The summed E-state index contributed by atoms with van der Waals surface area (Å²) < 4.78 is 0. The molecule has 0 aliphatic rings. The Morgan fingerprint density at radius 1 is 1.15 bits per heavy atom. The van der Waals surface area contributed by atoms with Crippen LogP contribution in [0.5, 0.6) is 0 Å². The van der Waals surface area contributed by atoms with Crippen LogP contribution in [0.3, 0.4) is 0 Å². The molecule has 0 radical (unpaired) electrons. The van der Waals surface area contributed by atoms with Crippen LogP contribution in [0.2, 0.25) is 0 Å². The van der Waals surface area contributed by atoms with Gasteiger partial charge in [0.1, 0.15) is 0 Å². The molecule has 6 nitrogen and oxygen atoms in total. The molecule has 0 fully saturated rings. The smallest absolute Gasteiger partial charge is 0.233 e. The molecule has 1 aromatic heterocycles. The Morgan fingerprint density at radius 2 is 1.80 bits per heavy atom. The number of nitrogens with zero attached hydrogens (tertiary/aromatic N) is 3. The molecular weight excluding hydrogens is 252 g/mol. The molecule has 0 atom stereocenters. The van der Waals surface area contributed by atoms with Crippen molar-refractivity contribution >= 4 is 23.5 Å².